The van der Waals surface area contributed by atoms with Gasteiger partial charge >= 0.3 is 12.3 Å². The highest BCUT2D eigenvalue weighted by molar-refractivity contribution is 7.99. The predicted molar refractivity (Wildman–Crippen MR) is 142 cm³/mol. The van der Waals surface area contributed by atoms with Crippen LogP contribution in [0.2, 0.25) is 0 Å². The molecule has 0 bridgehead atoms. The van der Waals surface area contributed by atoms with Gasteiger partial charge in [-0.05, 0) is 69.3 Å². The normalized spacial score (nSPS) is 15.7. The Morgan fingerprint density at radius 2 is 1.90 bits per heavy atom. The number of pyridine rings is 1. The third-order valence-electron chi connectivity index (χ3n) is 5.34. The number of alkyl halides is 3. The molecule has 1 N–H and O–H groups in total. The average molecular weight is 582 g/mol. The van der Waals surface area contributed by atoms with Gasteiger partial charge in [0.2, 0.25) is 0 Å². The van der Waals surface area contributed by atoms with E-state index in [1.54, 1.807) is 39.1 Å². The van der Waals surface area contributed by atoms with E-state index < -0.39 is 44.5 Å². The molecule has 3 aromatic rings. The van der Waals surface area contributed by atoms with Crippen LogP contribution in [-0.2, 0) is 20.9 Å². The minimum Gasteiger partial charge on any atom is -0.485 e. The number of hydrogen-bond donors (Lipinski definition) is 1. The highest BCUT2D eigenvalue weighted by atomic mass is 32.2. The molecule has 0 aliphatic carbocycles. The Bertz CT molecular complexity index is 1450. The van der Waals surface area contributed by atoms with Gasteiger partial charge in [-0.15, -0.1) is 11.8 Å². The van der Waals surface area contributed by atoms with Crippen molar-refractivity contribution in [1.82, 2.24) is 4.98 Å². The molecule has 0 unspecified atom stereocenters. The maximum atomic E-state index is 13.7. The van der Waals surface area contributed by atoms with Gasteiger partial charge in [0, 0.05) is 17.6 Å². The molecule has 208 valence electrons. The zero-order valence-corrected chi connectivity index (χ0v) is 22.9. The van der Waals surface area contributed by atoms with Crippen LogP contribution in [0.5, 0.6) is 5.75 Å². The van der Waals surface area contributed by atoms with E-state index in [1.807, 2.05) is 6.07 Å². The number of hydrogen-bond acceptors (Lipinski definition) is 7. The minimum absolute atomic E-state index is 0.0695. The highest BCUT2D eigenvalue weighted by Crippen LogP contribution is 2.40. The fraction of sp³-hybridized carbons (Fsp3) is 0.308. The van der Waals surface area contributed by atoms with Crippen molar-refractivity contribution >= 4 is 39.3 Å². The zero-order chi connectivity index (χ0) is 28.4. The van der Waals surface area contributed by atoms with Gasteiger partial charge in [-0.2, -0.15) is 13.2 Å². The van der Waals surface area contributed by atoms with Crippen molar-refractivity contribution in [1.29, 1.82) is 0 Å². The monoisotopic (exact) mass is 581 g/mol. The summed E-state index contributed by atoms with van der Waals surface area (Å²) in [5, 5.41) is 3.25. The number of anilines is 2. The first kappa shape index (κ1) is 28.6. The van der Waals surface area contributed by atoms with Crippen LogP contribution in [0.25, 0.3) is 0 Å². The number of thioether (sulfide) groups is 1. The molecule has 1 amide bonds. The van der Waals surface area contributed by atoms with Gasteiger partial charge in [0.1, 0.15) is 17.5 Å². The molecule has 8 nitrogen and oxygen atoms in total. The van der Waals surface area contributed by atoms with Gasteiger partial charge in [0.05, 0.1) is 27.7 Å². The van der Waals surface area contributed by atoms with E-state index in [2.05, 4.69) is 10.3 Å². The molecule has 0 spiro atoms. The van der Waals surface area contributed by atoms with Crippen molar-refractivity contribution in [3.05, 3.63) is 72.4 Å². The Morgan fingerprint density at radius 3 is 2.56 bits per heavy atom. The highest BCUT2D eigenvalue weighted by Gasteiger charge is 2.37. The maximum absolute atomic E-state index is 13.7. The van der Waals surface area contributed by atoms with Gasteiger partial charge in [0.25, 0.3) is 10.0 Å². The molecule has 1 atom stereocenters. The van der Waals surface area contributed by atoms with E-state index in [0.29, 0.717) is 16.8 Å². The fourth-order valence-corrected chi connectivity index (χ4v) is 6.08. The number of rotatable bonds is 6. The van der Waals surface area contributed by atoms with Crippen LogP contribution < -0.4 is 14.4 Å². The molecular formula is C26H26F3N3O5S2. The molecule has 2 aromatic carbocycles. The number of carbonyl (C=O) groups is 1. The van der Waals surface area contributed by atoms with Gasteiger partial charge in [-0.1, -0.05) is 12.1 Å². The van der Waals surface area contributed by atoms with Crippen molar-refractivity contribution in [2.45, 2.75) is 48.6 Å². The summed E-state index contributed by atoms with van der Waals surface area (Å²) < 4.78 is 79.9. The van der Waals surface area contributed by atoms with Crippen molar-refractivity contribution in [2.75, 3.05) is 21.9 Å². The molecule has 4 rings (SSSR count). The zero-order valence-electron chi connectivity index (χ0n) is 21.2. The third kappa shape index (κ3) is 7.15. The number of amides is 1. The summed E-state index contributed by atoms with van der Waals surface area (Å²) in [6, 6.07) is 13.3. The first-order chi connectivity index (χ1) is 18.2. The lowest BCUT2D eigenvalue weighted by Gasteiger charge is -2.35. The standard InChI is InChI=1S/C26H26F3N3O5S2/c1-25(2,3)37-24(33)31-18-10-11-22-21(14-18)32(15-19(36-22)16-38-23-9-4-5-12-30-23)39(34,35)20-8-6-7-17(13-20)26(27,28)29/h4-14,19H,15-16H2,1-3H3,(H,31,33)/t19-/m1/s1. The van der Waals surface area contributed by atoms with Gasteiger partial charge < -0.3 is 9.47 Å². The largest absolute Gasteiger partial charge is 0.485 e. The number of nitrogens with zero attached hydrogens (tertiary/aromatic N) is 2. The van der Waals surface area contributed by atoms with Crippen LogP contribution in [0.3, 0.4) is 0 Å². The molecule has 0 saturated carbocycles. The maximum Gasteiger partial charge on any atom is 0.416 e. The number of ether oxygens (including phenoxy) is 2. The number of halogens is 3. The van der Waals surface area contributed by atoms with Crippen LogP contribution in [0.1, 0.15) is 26.3 Å². The molecule has 39 heavy (non-hydrogen) atoms. The summed E-state index contributed by atoms with van der Waals surface area (Å²) in [4.78, 5) is 16.0. The summed E-state index contributed by atoms with van der Waals surface area (Å²) in [6.45, 7) is 4.90. The molecule has 1 aliphatic rings. The summed E-state index contributed by atoms with van der Waals surface area (Å²) in [7, 11) is -4.46. The summed E-state index contributed by atoms with van der Waals surface area (Å²) in [5.41, 5.74) is -1.56. The average Bonchev–Trinajstić information content (AvgIpc) is 2.86. The lowest BCUT2D eigenvalue weighted by molar-refractivity contribution is -0.137. The SMILES string of the molecule is CC(C)(C)OC(=O)Nc1ccc2c(c1)N(S(=O)(=O)c1cccc(C(F)(F)F)c1)C[C@H](CSc1ccccn1)O2. The fourth-order valence-electron chi connectivity index (χ4n) is 3.70. The van der Waals surface area contributed by atoms with Gasteiger partial charge in [0.15, 0.2) is 0 Å². The van der Waals surface area contributed by atoms with E-state index in [4.69, 9.17) is 9.47 Å². The Hall–Kier alpha value is -3.45. The Balaban J connectivity index is 1.69. The number of carbonyl (C=O) groups excluding carboxylic acids is 1. The molecule has 1 aliphatic heterocycles. The molecule has 0 fully saturated rings. The first-order valence-corrected chi connectivity index (χ1v) is 14.2. The molecule has 1 aromatic heterocycles. The molecule has 2 heterocycles. The molecule has 0 radical (unpaired) electrons. The molecule has 13 heteroatoms. The van der Waals surface area contributed by atoms with E-state index in [1.165, 1.54) is 30.0 Å². The first-order valence-electron chi connectivity index (χ1n) is 11.8. The van der Waals surface area contributed by atoms with Crippen molar-refractivity contribution in [3.8, 4) is 5.75 Å². The van der Waals surface area contributed by atoms with Crippen LogP contribution in [0, 0.1) is 0 Å². The lowest BCUT2D eigenvalue weighted by atomic mass is 10.2. The second-order valence-electron chi connectivity index (χ2n) is 9.59. The van der Waals surface area contributed by atoms with Crippen LogP contribution in [0.4, 0.5) is 29.3 Å². The van der Waals surface area contributed by atoms with E-state index in [-0.39, 0.29) is 23.7 Å². The van der Waals surface area contributed by atoms with E-state index >= 15 is 0 Å². The number of aromatic nitrogens is 1. The molecule has 0 saturated heterocycles. The quantitative estimate of drug-likeness (QED) is 0.347. The summed E-state index contributed by atoms with van der Waals surface area (Å²) in [6.07, 6.45) is -4.49. The Labute approximate surface area is 228 Å². The number of nitrogens with one attached hydrogen (secondary N) is 1. The van der Waals surface area contributed by atoms with Crippen molar-refractivity contribution < 1.29 is 35.9 Å². The number of benzene rings is 2. The van der Waals surface area contributed by atoms with Crippen molar-refractivity contribution in [3.63, 3.8) is 0 Å². The minimum atomic E-state index is -4.72. The number of sulfonamides is 1. The third-order valence-corrected chi connectivity index (χ3v) is 8.19. The summed E-state index contributed by atoms with van der Waals surface area (Å²) >= 11 is 1.35. The van der Waals surface area contributed by atoms with Gasteiger partial charge in [-0.25, -0.2) is 18.2 Å². The van der Waals surface area contributed by atoms with E-state index in [0.717, 1.165) is 22.5 Å². The van der Waals surface area contributed by atoms with Crippen molar-refractivity contribution in [2.24, 2.45) is 0 Å². The predicted octanol–water partition coefficient (Wildman–Crippen LogP) is 6.20. The Morgan fingerprint density at radius 1 is 1.13 bits per heavy atom. The second-order valence-corrected chi connectivity index (χ2v) is 12.5. The lowest BCUT2D eigenvalue weighted by Crippen LogP contribution is -2.44. The van der Waals surface area contributed by atoms with E-state index in [9.17, 15) is 26.4 Å². The Kier molecular flexibility index (Phi) is 8.03. The van der Waals surface area contributed by atoms with Crippen LogP contribution >= 0.6 is 11.8 Å². The van der Waals surface area contributed by atoms with Crippen LogP contribution in [0.15, 0.2) is 76.8 Å². The topological polar surface area (TPSA) is 97.8 Å². The van der Waals surface area contributed by atoms with Crippen LogP contribution in [-0.4, -0.2) is 43.5 Å². The molecular weight excluding hydrogens is 555 g/mol. The summed E-state index contributed by atoms with van der Waals surface area (Å²) in [5.74, 6) is 0.515. The second kappa shape index (κ2) is 11.0. The number of fused-ring (bicyclic) bond motifs is 1. The van der Waals surface area contributed by atoms with Gasteiger partial charge in [-0.3, -0.25) is 9.62 Å². The smallest absolute Gasteiger partial charge is 0.416 e.